The highest BCUT2D eigenvalue weighted by atomic mass is 35.5. The first-order valence-electron chi connectivity index (χ1n) is 6.87. The van der Waals surface area contributed by atoms with Crippen molar-refractivity contribution >= 4 is 34.5 Å². The molecular formula is C16H19Cl2NOS. The van der Waals surface area contributed by atoms with Crippen LogP contribution >= 0.6 is 34.5 Å². The largest absolute Gasteiger partial charge is 0.431 e. The molecule has 1 aromatic carbocycles. The second-order valence-electron chi connectivity index (χ2n) is 5.86. The third-order valence-electron chi connectivity index (χ3n) is 3.21. The Bertz CT molecular complexity index is 632. The molecule has 0 saturated carbocycles. The Kier molecular flexibility index (Phi) is 5.18. The second kappa shape index (κ2) is 6.55. The SMILES string of the molecule is CCc1ccc(Oc2nc(Cl)c(CCl)s2)c(C(C)(C)C)c1. The number of ether oxygens (including phenoxy) is 1. The van der Waals surface area contributed by atoms with Crippen LogP contribution in [-0.2, 0) is 17.7 Å². The third-order valence-corrected chi connectivity index (χ3v) is 4.99. The van der Waals surface area contributed by atoms with Crippen molar-refractivity contribution in [1.29, 1.82) is 0 Å². The zero-order valence-corrected chi connectivity index (χ0v) is 15.0. The first-order chi connectivity index (χ1) is 9.85. The van der Waals surface area contributed by atoms with Crippen molar-refractivity contribution < 1.29 is 4.74 Å². The number of nitrogens with zero attached hydrogens (tertiary/aromatic N) is 1. The average Bonchev–Trinajstić information content (AvgIpc) is 2.78. The normalized spacial score (nSPS) is 11.7. The zero-order valence-electron chi connectivity index (χ0n) is 12.7. The Hall–Kier alpha value is -0.770. The Morgan fingerprint density at radius 3 is 2.52 bits per heavy atom. The highest BCUT2D eigenvalue weighted by Crippen LogP contribution is 2.38. The number of thiazole rings is 1. The summed E-state index contributed by atoms with van der Waals surface area (Å²) in [7, 11) is 0. The van der Waals surface area contributed by atoms with Crippen LogP contribution in [0.15, 0.2) is 18.2 Å². The quantitative estimate of drug-likeness (QED) is 0.617. The van der Waals surface area contributed by atoms with Gasteiger partial charge in [0, 0.05) is 5.56 Å². The summed E-state index contributed by atoms with van der Waals surface area (Å²) in [6, 6.07) is 6.30. The van der Waals surface area contributed by atoms with E-state index >= 15 is 0 Å². The van der Waals surface area contributed by atoms with Crippen molar-refractivity contribution in [3.8, 4) is 10.9 Å². The molecule has 0 spiro atoms. The zero-order chi connectivity index (χ0) is 15.6. The second-order valence-corrected chi connectivity index (χ2v) is 7.53. The van der Waals surface area contributed by atoms with Crippen LogP contribution < -0.4 is 4.74 Å². The molecule has 0 aliphatic rings. The lowest BCUT2D eigenvalue weighted by molar-refractivity contribution is 0.452. The van der Waals surface area contributed by atoms with Gasteiger partial charge in [0.25, 0.3) is 5.19 Å². The van der Waals surface area contributed by atoms with E-state index < -0.39 is 0 Å². The van der Waals surface area contributed by atoms with Crippen molar-refractivity contribution in [1.82, 2.24) is 4.98 Å². The van der Waals surface area contributed by atoms with E-state index in [-0.39, 0.29) is 5.41 Å². The molecule has 0 radical (unpaired) electrons. The fourth-order valence-corrected chi connectivity index (χ4v) is 3.34. The molecule has 2 nitrogen and oxygen atoms in total. The maximum Gasteiger partial charge on any atom is 0.280 e. The van der Waals surface area contributed by atoms with Gasteiger partial charge in [-0.1, -0.05) is 62.8 Å². The van der Waals surface area contributed by atoms with E-state index in [2.05, 4.69) is 44.8 Å². The summed E-state index contributed by atoms with van der Waals surface area (Å²) in [4.78, 5) is 5.05. The molecule has 0 saturated heterocycles. The summed E-state index contributed by atoms with van der Waals surface area (Å²) >= 11 is 13.2. The standard InChI is InChI=1S/C16H19Cl2NOS/c1-5-10-6-7-12(11(8-10)16(2,3)4)20-15-19-14(18)13(9-17)21-15/h6-8H,5,9H2,1-4H3. The van der Waals surface area contributed by atoms with Crippen molar-refractivity contribution in [3.63, 3.8) is 0 Å². The minimum absolute atomic E-state index is 0.00309. The van der Waals surface area contributed by atoms with Crippen LogP contribution in [0.1, 0.15) is 43.7 Å². The highest BCUT2D eigenvalue weighted by Gasteiger charge is 2.21. The lowest BCUT2D eigenvalue weighted by atomic mass is 9.85. The first kappa shape index (κ1) is 16.6. The lowest BCUT2D eigenvalue weighted by Crippen LogP contribution is -2.13. The van der Waals surface area contributed by atoms with Crippen LogP contribution in [0, 0.1) is 0 Å². The van der Waals surface area contributed by atoms with Gasteiger partial charge in [-0.2, -0.15) is 4.98 Å². The van der Waals surface area contributed by atoms with E-state index in [9.17, 15) is 0 Å². The van der Waals surface area contributed by atoms with E-state index in [4.69, 9.17) is 27.9 Å². The van der Waals surface area contributed by atoms with E-state index in [1.165, 1.54) is 22.5 Å². The fraction of sp³-hybridized carbons (Fsp3) is 0.438. The summed E-state index contributed by atoms with van der Waals surface area (Å²) in [5.41, 5.74) is 2.46. The number of aryl methyl sites for hydroxylation is 1. The van der Waals surface area contributed by atoms with Crippen molar-refractivity contribution in [2.24, 2.45) is 0 Å². The number of aromatic nitrogens is 1. The van der Waals surface area contributed by atoms with Crippen LogP contribution in [-0.4, -0.2) is 4.98 Å². The molecule has 0 aliphatic carbocycles. The minimum atomic E-state index is -0.00309. The van der Waals surface area contributed by atoms with Crippen molar-refractivity contribution in [2.45, 2.75) is 45.4 Å². The molecule has 21 heavy (non-hydrogen) atoms. The Labute approximate surface area is 140 Å². The number of hydrogen-bond donors (Lipinski definition) is 0. The summed E-state index contributed by atoms with van der Waals surface area (Å²) in [5, 5.41) is 0.956. The third kappa shape index (κ3) is 3.91. The predicted molar refractivity (Wildman–Crippen MR) is 91.3 cm³/mol. The summed E-state index contributed by atoms with van der Waals surface area (Å²) < 4.78 is 5.96. The molecule has 0 aliphatic heterocycles. The smallest absolute Gasteiger partial charge is 0.280 e. The molecule has 0 fully saturated rings. The van der Waals surface area contributed by atoms with Gasteiger partial charge in [0.05, 0.1) is 10.8 Å². The van der Waals surface area contributed by atoms with Crippen LogP contribution in [0.5, 0.6) is 10.9 Å². The van der Waals surface area contributed by atoms with Crippen LogP contribution in [0.25, 0.3) is 0 Å². The molecule has 2 aromatic rings. The summed E-state index contributed by atoms with van der Waals surface area (Å²) in [6.07, 6.45) is 1.00. The van der Waals surface area contributed by atoms with Crippen molar-refractivity contribution in [2.75, 3.05) is 0 Å². The number of rotatable bonds is 4. The molecule has 0 amide bonds. The number of benzene rings is 1. The van der Waals surface area contributed by atoms with Gasteiger partial charge in [-0.05, 0) is 23.5 Å². The molecule has 1 aromatic heterocycles. The van der Waals surface area contributed by atoms with Gasteiger partial charge in [-0.3, -0.25) is 0 Å². The number of alkyl halides is 1. The van der Waals surface area contributed by atoms with E-state index in [1.54, 1.807) is 0 Å². The van der Waals surface area contributed by atoms with Gasteiger partial charge in [0.15, 0.2) is 0 Å². The molecule has 0 atom stereocenters. The highest BCUT2D eigenvalue weighted by molar-refractivity contribution is 7.14. The Morgan fingerprint density at radius 1 is 1.29 bits per heavy atom. The molecule has 2 rings (SSSR count). The van der Waals surface area contributed by atoms with Gasteiger partial charge in [-0.25, -0.2) is 0 Å². The molecule has 0 N–H and O–H groups in total. The van der Waals surface area contributed by atoms with E-state index in [0.717, 1.165) is 17.0 Å². The topological polar surface area (TPSA) is 22.1 Å². The average molecular weight is 344 g/mol. The van der Waals surface area contributed by atoms with Crippen molar-refractivity contribution in [3.05, 3.63) is 39.4 Å². The maximum absolute atomic E-state index is 6.02. The van der Waals surface area contributed by atoms with E-state index in [1.807, 2.05) is 6.07 Å². The monoisotopic (exact) mass is 343 g/mol. The maximum atomic E-state index is 6.02. The predicted octanol–water partition coefficient (Wildman–Crippen LogP) is 6.19. The molecular weight excluding hydrogens is 325 g/mol. The molecule has 0 bridgehead atoms. The van der Waals surface area contributed by atoms with E-state index in [0.29, 0.717) is 16.2 Å². The van der Waals surface area contributed by atoms with Gasteiger partial charge >= 0.3 is 0 Å². The Morgan fingerprint density at radius 2 is 2.00 bits per heavy atom. The number of halogens is 2. The summed E-state index contributed by atoms with van der Waals surface area (Å²) in [6.45, 7) is 8.67. The van der Waals surface area contributed by atoms with Gasteiger partial charge in [-0.15, -0.1) is 11.6 Å². The van der Waals surface area contributed by atoms with Gasteiger partial charge in [0.2, 0.25) is 0 Å². The first-order valence-corrected chi connectivity index (χ1v) is 8.60. The van der Waals surface area contributed by atoms with Crippen LogP contribution in [0.3, 0.4) is 0 Å². The van der Waals surface area contributed by atoms with Crippen LogP contribution in [0.2, 0.25) is 5.15 Å². The summed E-state index contributed by atoms with van der Waals surface area (Å²) in [5.74, 6) is 1.17. The lowest BCUT2D eigenvalue weighted by Gasteiger charge is -2.23. The van der Waals surface area contributed by atoms with Crippen LogP contribution in [0.4, 0.5) is 0 Å². The van der Waals surface area contributed by atoms with Gasteiger partial charge < -0.3 is 4.74 Å². The fourth-order valence-electron chi connectivity index (χ4n) is 2.01. The molecule has 5 heteroatoms. The number of hydrogen-bond acceptors (Lipinski definition) is 3. The Balaban J connectivity index is 2.38. The molecule has 1 heterocycles. The molecule has 0 unspecified atom stereocenters. The van der Waals surface area contributed by atoms with Gasteiger partial charge in [0.1, 0.15) is 10.9 Å². The minimum Gasteiger partial charge on any atom is -0.431 e. The molecule has 114 valence electrons.